The van der Waals surface area contributed by atoms with Gasteiger partial charge in [-0.2, -0.15) is 0 Å². The van der Waals surface area contributed by atoms with E-state index in [0.29, 0.717) is 21.7 Å². The molecule has 3 N–H and O–H groups in total. The molecule has 0 radical (unpaired) electrons. The summed E-state index contributed by atoms with van der Waals surface area (Å²) in [5.41, 5.74) is 2.12. The number of hydrogen-bond donors (Lipinski definition) is 5. The van der Waals surface area contributed by atoms with Gasteiger partial charge in [-0.15, -0.1) is 25.3 Å². The minimum atomic E-state index is 0.492. The van der Waals surface area contributed by atoms with E-state index in [0.717, 1.165) is 11.0 Å². The number of H-pyrrole nitrogens is 1. The fourth-order valence-electron chi connectivity index (χ4n) is 1.22. The van der Waals surface area contributed by atoms with Gasteiger partial charge in [-0.1, -0.05) is 36.6 Å². The number of rotatable bonds is 3. The number of thiol groups is 2. The van der Waals surface area contributed by atoms with Crippen LogP contribution in [0.5, 0.6) is 0 Å². The molecule has 0 bridgehead atoms. The molecule has 8 heteroatoms. The van der Waals surface area contributed by atoms with E-state index >= 15 is 0 Å². The molecule has 0 aliphatic carbocycles. The fourth-order valence-corrected chi connectivity index (χ4v) is 1.65. The predicted octanol–water partition coefficient (Wildman–Crippen LogP) is 2.16. The molecule has 0 aliphatic heterocycles. The maximum Gasteiger partial charge on any atom is 0.130 e. The first-order valence-corrected chi connectivity index (χ1v) is 7.12. The Bertz CT molecular complexity index is 494. The Morgan fingerprint density at radius 2 is 1.68 bits per heavy atom. The van der Waals surface area contributed by atoms with Crippen LogP contribution < -0.4 is 10.6 Å². The second-order valence-electron chi connectivity index (χ2n) is 3.38. The summed E-state index contributed by atoms with van der Waals surface area (Å²) in [6.45, 7) is 1.42. The average molecular weight is 331 g/mol. The van der Waals surface area contributed by atoms with Crippen molar-refractivity contribution in [2.24, 2.45) is 0 Å². The standard InChI is InChI=1S/C7H6N2.C4H8N2S4/c1-2-4-7-6(3-1)8-5-9-7;7-3(8)5-1-2-6-4(9)10/h1-5H,(H,8,9);1-2H2,(H2,5,7,8)(H2,6,9,10). The van der Waals surface area contributed by atoms with Gasteiger partial charge in [0.15, 0.2) is 0 Å². The third kappa shape index (κ3) is 7.36. The van der Waals surface area contributed by atoms with Crippen molar-refractivity contribution in [2.75, 3.05) is 13.1 Å². The molecule has 2 rings (SSSR count). The second-order valence-corrected chi connectivity index (χ2v) is 5.70. The Morgan fingerprint density at radius 3 is 2.21 bits per heavy atom. The highest BCUT2D eigenvalue weighted by molar-refractivity contribution is 8.11. The zero-order valence-corrected chi connectivity index (χ0v) is 13.4. The molecule has 1 heterocycles. The van der Waals surface area contributed by atoms with Gasteiger partial charge in [0.25, 0.3) is 0 Å². The zero-order chi connectivity index (χ0) is 14.1. The van der Waals surface area contributed by atoms with Crippen molar-refractivity contribution in [1.82, 2.24) is 20.6 Å². The maximum absolute atomic E-state index is 4.65. The Labute approximate surface area is 133 Å². The first-order chi connectivity index (χ1) is 9.09. The minimum Gasteiger partial charge on any atom is -0.369 e. The maximum atomic E-state index is 4.65. The summed E-state index contributed by atoms with van der Waals surface area (Å²) in [5.74, 6) is 0. The molecule has 4 nitrogen and oxygen atoms in total. The average Bonchev–Trinajstić information content (AvgIpc) is 2.83. The van der Waals surface area contributed by atoms with Crippen LogP contribution in [0.25, 0.3) is 11.0 Å². The first-order valence-electron chi connectivity index (χ1n) is 5.41. The van der Waals surface area contributed by atoms with E-state index in [9.17, 15) is 0 Å². The van der Waals surface area contributed by atoms with Crippen LogP contribution in [0.4, 0.5) is 0 Å². The molecule has 1 aromatic carbocycles. The van der Waals surface area contributed by atoms with Crippen LogP contribution in [0.2, 0.25) is 0 Å². The molecule has 0 spiro atoms. The Kier molecular flexibility index (Phi) is 7.80. The summed E-state index contributed by atoms with van der Waals surface area (Å²) in [6, 6.07) is 7.94. The molecule has 0 saturated heterocycles. The Balaban J connectivity index is 0.000000190. The van der Waals surface area contributed by atoms with E-state index in [4.69, 9.17) is 0 Å². The lowest BCUT2D eigenvalue weighted by molar-refractivity contribution is 0.834. The summed E-state index contributed by atoms with van der Waals surface area (Å²) in [7, 11) is 0. The van der Waals surface area contributed by atoms with Gasteiger partial charge >= 0.3 is 0 Å². The third-order valence-corrected chi connectivity index (χ3v) is 2.61. The highest BCUT2D eigenvalue weighted by atomic mass is 32.1. The zero-order valence-electron chi connectivity index (χ0n) is 9.96. The molecular formula is C11H14N4S4. The van der Waals surface area contributed by atoms with Crippen LogP contribution in [0, 0.1) is 0 Å². The number of fused-ring (bicyclic) bond motifs is 1. The fraction of sp³-hybridized carbons (Fsp3) is 0.182. The van der Waals surface area contributed by atoms with Crippen LogP contribution in [-0.2, 0) is 0 Å². The number of imidazole rings is 1. The van der Waals surface area contributed by atoms with Gasteiger partial charge in [0.1, 0.15) is 8.64 Å². The largest absolute Gasteiger partial charge is 0.369 e. The van der Waals surface area contributed by atoms with Crippen LogP contribution in [0.3, 0.4) is 0 Å². The molecule has 19 heavy (non-hydrogen) atoms. The van der Waals surface area contributed by atoms with Crippen molar-refractivity contribution in [2.45, 2.75) is 0 Å². The lowest BCUT2D eigenvalue weighted by Gasteiger charge is -2.03. The van der Waals surface area contributed by atoms with Crippen LogP contribution in [0.15, 0.2) is 30.6 Å². The van der Waals surface area contributed by atoms with Crippen molar-refractivity contribution in [3.63, 3.8) is 0 Å². The molecule has 0 unspecified atom stereocenters. The van der Waals surface area contributed by atoms with Gasteiger partial charge in [0, 0.05) is 13.1 Å². The molecule has 102 valence electrons. The van der Waals surface area contributed by atoms with E-state index in [1.54, 1.807) is 6.33 Å². The summed E-state index contributed by atoms with van der Waals surface area (Å²) in [4.78, 5) is 7.07. The first kappa shape index (κ1) is 16.2. The van der Waals surface area contributed by atoms with E-state index in [1.165, 1.54) is 0 Å². The summed E-state index contributed by atoms with van der Waals surface area (Å²) in [5, 5.41) is 5.68. The number of benzene rings is 1. The van der Waals surface area contributed by atoms with E-state index in [-0.39, 0.29) is 0 Å². The lowest BCUT2D eigenvalue weighted by atomic mass is 10.3. The highest BCUT2D eigenvalue weighted by Crippen LogP contribution is 2.05. The van der Waals surface area contributed by atoms with E-state index in [2.05, 4.69) is 70.3 Å². The second kappa shape index (κ2) is 9.13. The molecule has 0 fully saturated rings. The highest BCUT2D eigenvalue weighted by Gasteiger charge is 1.88. The van der Waals surface area contributed by atoms with E-state index < -0.39 is 0 Å². The number of thiocarbonyl (C=S) groups is 2. The number of para-hydroxylation sites is 2. The van der Waals surface area contributed by atoms with Crippen molar-refractivity contribution >= 4 is 69.4 Å². The quantitative estimate of drug-likeness (QED) is 0.339. The lowest BCUT2D eigenvalue weighted by Crippen LogP contribution is -2.29. The van der Waals surface area contributed by atoms with Gasteiger partial charge in [-0.3, -0.25) is 0 Å². The summed E-state index contributed by atoms with van der Waals surface area (Å²) < 4.78 is 0.985. The summed E-state index contributed by atoms with van der Waals surface area (Å²) in [6.07, 6.45) is 1.70. The van der Waals surface area contributed by atoms with Crippen LogP contribution in [-0.4, -0.2) is 31.7 Å². The normalized spacial score (nSPS) is 9.37. The molecule has 2 aromatic rings. The van der Waals surface area contributed by atoms with E-state index in [1.807, 2.05) is 24.3 Å². The van der Waals surface area contributed by atoms with Gasteiger partial charge in [0.05, 0.1) is 17.4 Å². The minimum absolute atomic E-state index is 0.492. The van der Waals surface area contributed by atoms with Crippen molar-refractivity contribution in [3.8, 4) is 0 Å². The molecule has 0 aliphatic rings. The van der Waals surface area contributed by atoms with Gasteiger partial charge in [0.2, 0.25) is 0 Å². The number of aromatic amines is 1. The van der Waals surface area contributed by atoms with Crippen LogP contribution in [0.1, 0.15) is 0 Å². The van der Waals surface area contributed by atoms with Gasteiger partial charge in [-0.25, -0.2) is 4.98 Å². The number of nitrogens with zero attached hydrogens (tertiary/aromatic N) is 1. The Hall–Kier alpha value is -0.830. The topological polar surface area (TPSA) is 52.7 Å². The van der Waals surface area contributed by atoms with Crippen molar-refractivity contribution in [3.05, 3.63) is 30.6 Å². The molecule has 0 saturated carbocycles. The number of aromatic nitrogens is 2. The third-order valence-electron chi connectivity index (χ3n) is 2.01. The molecule has 1 aromatic heterocycles. The summed E-state index contributed by atoms with van der Waals surface area (Å²) >= 11 is 17.0. The van der Waals surface area contributed by atoms with Gasteiger partial charge < -0.3 is 15.6 Å². The molecule has 0 amide bonds. The van der Waals surface area contributed by atoms with Crippen molar-refractivity contribution in [1.29, 1.82) is 0 Å². The number of nitrogens with one attached hydrogen (secondary N) is 3. The molecule has 0 atom stereocenters. The van der Waals surface area contributed by atoms with Crippen LogP contribution >= 0.6 is 49.7 Å². The predicted molar refractivity (Wildman–Crippen MR) is 95.3 cm³/mol. The smallest absolute Gasteiger partial charge is 0.130 e. The Morgan fingerprint density at radius 1 is 1.11 bits per heavy atom. The SMILES string of the molecule is S=C(S)NCCNC(=S)S.c1ccc2[nH]cnc2c1. The molecular weight excluding hydrogens is 316 g/mol. The van der Waals surface area contributed by atoms with Crippen molar-refractivity contribution < 1.29 is 0 Å². The number of hydrogen-bond acceptors (Lipinski definition) is 3. The van der Waals surface area contributed by atoms with Gasteiger partial charge in [-0.05, 0) is 12.1 Å². The monoisotopic (exact) mass is 330 g/mol.